The fourth-order valence-corrected chi connectivity index (χ4v) is 4.98. The fourth-order valence-electron chi connectivity index (χ4n) is 4.48. The molecule has 0 bridgehead atoms. The van der Waals surface area contributed by atoms with Crippen LogP contribution >= 0.6 is 0 Å². The quantitative estimate of drug-likeness (QED) is 0.140. The van der Waals surface area contributed by atoms with Crippen LogP contribution in [0.15, 0.2) is 58.6 Å². The lowest BCUT2D eigenvalue weighted by Gasteiger charge is -2.15. The maximum Gasteiger partial charge on any atom is 0.417 e. The van der Waals surface area contributed by atoms with Crippen LogP contribution in [0.4, 0.5) is 32.0 Å². The van der Waals surface area contributed by atoms with Crippen molar-refractivity contribution in [2.24, 2.45) is 14.1 Å². The van der Waals surface area contributed by atoms with Gasteiger partial charge in [0.2, 0.25) is 10.0 Å². The van der Waals surface area contributed by atoms with Crippen molar-refractivity contribution < 1.29 is 44.3 Å². The van der Waals surface area contributed by atoms with Gasteiger partial charge in [0.25, 0.3) is 5.56 Å². The van der Waals surface area contributed by atoms with Crippen LogP contribution in [0, 0.1) is 0 Å². The lowest BCUT2D eigenvalue weighted by molar-refractivity contribution is -0.137. The zero-order valence-electron chi connectivity index (χ0n) is 25.1. The molecule has 0 saturated carbocycles. The molecular formula is C27H24F6N8O6S. The number of carbonyl (C=O) groups excluding carboxylic acids is 1. The van der Waals surface area contributed by atoms with E-state index in [0.717, 1.165) is 31.6 Å². The van der Waals surface area contributed by atoms with Crippen molar-refractivity contribution in [1.29, 1.82) is 0 Å². The largest absolute Gasteiger partial charge is 0.465 e. The molecule has 0 radical (unpaired) electrons. The number of hydrogen-bond donors (Lipinski definition) is 3. The number of benzene rings is 2. The number of anilines is 1. The summed E-state index contributed by atoms with van der Waals surface area (Å²) in [5, 5.41) is 7.34. The molecule has 0 aliphatic heterocycles. The van der Waals surface area contributed by atoms with Gasteiger partial charge in [0.15, 0.2) is 0 Å². The van der Waals surface area contributed by atoms with Gasteiger partial charge in [-0.2, -0.15) is 41.2 Å². The summed E-state index contributed by atoms with van der Waals surface area (Å²) in [4.78, 5) is 39.8. The third kappa shape index (κ3) is 7.51. The molecule has 3 heterocycles. The van der Waals surface area contributed by atoms with Gasteiger partial charge in [-0.25, -0.2) is 22.8 Å². The molecule has 0 aliphatic carbocycles. The van der Waals surface area contributed by atoms with Crippen LogP contribution in [0.2, 0.25) is 0 Å². The standard InChI is InChI=1S/C14H12F3N5O4S.C13H12F3N3O2/c1-21-6-7(5-18-21)8-3-9-11(4-10(8)14(15,16)17)19-13(24)22(12(9)23)20-27(2,25)26;1-19-6-7(5-18-19)8-3-9(12(20)21-2)11(17)4-10(8)13(14,15)16/h3-6,20H,1-2H3,(H,19,24);3-6H,17H2,1-2H3. The Morgan fingerprint density at radius 2 is 1.40 bits per heavy atom. The predicted molar refractivity (Wildman–Crippen MR) is 160 cm³/mol. The Morgan fingerprint density at radius 1 is 0.896 bits per heavy atom. The average molecular weight is 703 g/mol. The molecule has 0 amide bonds. The first-order valence-electron chi connectivity index (χ1n) is 13.1. The van der Waals surface area contributed by atoms with Crippen molar-refractivity contribution in [3.8, 4) is 22.3 Å². The third-order valence-electron chi connectivity index (χ3n) is 6.53. The van der Waals surface area contributed by atoms with Crippen LogP contribution in [-0.2, 0) is 41.2 Å². The highest BCUT2D eigenvalue weighted by Gasteiger charge is 2.36. The molecule has 21 heteroatoms. The van der Waals surface area contributed by atoms with E-state index in [1.165, 1.54) is 41.2 Å². The Labute approximate surface area is 265 Å². The van der Waals surface area contributed by atoms with Crippen molar-refractivity contribution in [3.63, 3.8) is 0 Å². The van der Waals surface area contributed by atoms with E-state index in [1.54, 1.807) is 11.9 Å². The first kappa shape index (κ1) is 35.3. The van der Waals surface area contributed by atoms with E-state index in [-0.39, 0.29) is 49.1 Å². The van der Waals surface area contributed by atoms with Crippen LogP contribution < -0.4 is 21.8 Å². The number of sulfonamides is 1. The van der Waals surface area contributed by atoms with Gasteiger partial charge in [-0.1, -0.05) is 0 Å². The van der Waals surface area contributed by atoms with Crippen LogP contribution in [-0.4, -0.2) is 57.0 Å². The number of nitrogens with one attached hydrogen (secondary N) is 2. The molecular weight excluding hydrogens is 678 g/mol. The molecule has 4 N–H and O–H groups in total. The van der Waals surface area contributed by atoms with E-state index in [9.17, 15) is 49.1 Å². The predicted octanol–water partition coefficient (Wildman–Crippen LogP) is 3.09. The van der Waals surface area contributed by atoms with Crippen molar-refractivity contribution in [1.82, 2.24) is 29.2 Å². The SMILES string of the molecule is COC(=O)c1cc(-c2cnn(C)c2)c(C(F)(F)F)cc1N.Cn1cc(-c2cc3c(=O)n(NS(C)(=O)=O)c(=O)[nH]c3cc2C(F)(F)F)cn1. The van der Waals surface area contributed by atoms with Crippen LogP contribution in [0.5, 0.6) is 0 Å². The van der Waals surface area contributed by atoms with Crippen molar-refractivity contribution in [2.75, 3.05) is 23.9 Å². The Morgan fingerprint density at radius 3 is 1.83 bits per heavy atom. The molecule has 5 rings (SSSR count). The van der Waals surface area contributed by atoms with E-state index < -0.39 is 50.7 Å². The maximum atomic E-state index is 13.5. The highest BCUT2D eigenvalue weighted by molar-refractivity contribution is 7.91. The van der Waals surface area contributed by atoms with Crippen molar-refractivity contribution >= 4 is 32.6 Å². The minimum Gasteiger partial charge on any atom is -0.465 e. The van der Waals surface area contributed by atoms with E-state index in [0.29, 0.717) is 6.07 Å². The second kappa shape index (κ2) is 12.5. The number of esters is 1. The zero-order valence-corrected chi connectivity index (χ0v) is 25.9. The van der Waals surface area contributed by atoms with Gasteiger partial charge >= 0.3 is 24.0 Å². The van der Waals surface area contributed by atoms with E-state index >= 15 is 0 Å². The molecule has 0 aliphatic rings. The van der Waals surface area contributed by atoms with Crippen molar-refractivity contribution in [2.45, 2.75) is 12.4 Å². The normalized spacial score (nSPS) is 12.0. The molecule has 0 saturated heterocycles. The van der Waals surface area contributed by atoms with Crippen LogP contribution in [0.1, 0.15) is 21.5 Å². The van der Waals surface area contributed by atoms with Gasteiger partial charge in [0.1, 0.15) is 0 Å². The van der Waals surface area contributed by atoms with Crippen LogP contribution in [0.25, 0.3) is 33.2 Å². The number of aromatic amines is 1. The summed E-state index contributed by atoms with van der Waals surface area (Å²) in [6.07, 6.45) is -3.44. The Balaban J connectivity index is 0.000000224. The molecule has 0 unspecified atom stereocenters. The number of nitrogen functional groups attached to an aromatic ring is 1. The summed E-state index contributed by atoms with van der Waals surface area (Å²) >= 11 is 0. The summed E-state index contributed by atoms with van der Waals surface area (Å²) in [6, 6.07) is 3.37. The third-order valence-corrected chi connectivity index (χ3v) is 7.04. The fraction of sp³-hybridized carbons (Fsp3) is 0.222. The molecule has 0 spiro atoms. The number of alkyl halides is 6. The number of ether oxygens (including phenoxy) is 1. The Bertz CT molecular complexity index is 2270. The zero-order chi connectivity index (χ0) is 35.9. The summed E-state index contributed by atoms with van der Waals surface area (Å²) in [6.45, 7) is 0. The van der Waals surface area contributed by atoms with Gasteiger partial charge in [0, 0.05) is 43.3 Å². The maximum absolute atomic E-state index is 13.5. The number of aryl methyl sites for hydroxylation is 2. The Kier molecular flexibility index (Phi) is 9.21. The van der Waals surface area contributed by atoms with Gasteiger partial charge in [0.05, 0.1) is 53.4 Å². The molecule has 14 nitrogen and oxygen atoms in total. The van der Waals surface area contributed by atoms with Gasteiger partial charge in [-0.3, -0.25) is 14.2 Å². The van der Waals surface area contributed by atoms with Crippen LogP contribution in [0.3, 0.4) is 0 Å². The van der Waals surface area contributed by atoms with E-state index in [4.69, 9.17) is 5.73 Å². The number of fused-ring (bicyclic) bond motifs is 1. The number of rotatable bonds is 5. The molecule has 256 valence electrons. The van der Waals surface area contributed by atoms with Gasteiger partial charge < -0.3 is 15.5 Å². The smallest absolute Gasteiger partial charge is 0.417 e. The first-order chi connectivity index (χ1) is 22.1. The lowest BCUT2D eigenvalue weighted by Crippen LogP contribution is -2.43. The van der Waals surface area contributed by atoms with Gasteiger partial charge in [-0.05, 0) is 35.4 Å². The summed E-state index contributed by atoms with van der Waals surface area (Å²) in [5.74, 6) is -0.800. The molecule has 3 aromatic heterocycles. The monoisotopic (exact) mass is 702 g/mol. The second-order valence-electron chi connectivity index (χ2n) is 10.2. The molecule has 0 fully saturated rings. The first-order valence-corrected chi connectivity index (χ1v) is 14.9. The van der Waals surface area contributed by atoms with E-state index in [2.05, 4.69) is 19.9 Å². The highest BCUT2D eigenvalue weighted by Crippen LogP contribution is 2.40. The summed E-state index contributed by atoms with van der Waals surface area (Å²) in [5.41, 5.74) is 0.212. The molecule has 48 heavy (non-hydrogen) atoms. The minimum atomic E-state index is -4.77. The lowest BCUT2D eigenvalue weighted by atomic mass is 9.97. The van der Waals surface area contributed by atoms with Crippen molar-refractivity contribution in [3.05, 3.63) is 86.6 Å². The topological polar surface area (TPSA) is 189 Å². The summed E-state index contributed by atoms with van der Waals surface area (Å²) < 4.78 is 110. The number of halogens is 6. The minimum absolute atomic E-state index is 0.0972. The number of methoxy groups -OCH3 is 1. The number of aromatic nitrogens is 6. The molecule has 0 atom stereocenters. The number of nitrogens with zero attached hydrogens (tertiary/aromatic N) is 5. The second-order valence-corrected chi connectivity index (χ2v) is 11.9. The number of nitrogens with two attached hydrogens (primary N) is 1. The average Bonchev–Trinajstić information content (AvgIpc) is 3.61. The number of H-pyrrole nitrogens is 1. The summed E-state index contributed by atoms with van der Waals surface area (Å²) in [7, 11) is 0.237. The number of hydrogen-bond acceptors (Lipinski definition) is 9. The Hall–Kier alpha value is -5.60. The number of carbonyl (C=O) groups is 1. The van der Waals surface area contributed by atoms with Gasteiger partial charge in [-0.15, -0.1) is 0 Å². The molecule has 5 aromatic rings. The molecule has 2 aromatic carbocycles. The van der Waals surface area contributed by atoms with E-state index in [1.807, 2.05) is 0 Å². The highest BCUT2D eigenvalue weighted by atomic mass is 32.2.